The van der Waals surface area contributed by atoms with Crippen molar-refractivity contribution in [2.24, 2.45) is 5.92 Å². The van der Waals surface area contributed by atoms with Crippen molar-refractivity contribution in [3.63, 3.8) is 0 Å². The Kier molecular flexibility index (Phi) is 6.00. The number of aryl methyl sites for hydroxylation is 1. The summed E-state index contributed by atoms with van der Waals surface area (Å²) in [6.45, 7) is 4.19. The largest absolute Gasteiger partial charge is 0.322 e. The molecule has 0 spiro atoms. The third-order valence-electron chi connectivity index (χ3n) is 4.99. The maximum absolute atomic E-state index is 12.9. The second kappa shape index (κ2) is 8.28. The van der Waals surface area contributed by atoms with Gasteiger partial charge in [-0.3, -0.25) is 9.59 Å². The molecule has 1 amide bonds. The van der Waals surface area contributed by atoms with Gasteiger partial charge in [0.2, 0.25) is 0 Å². The molecule has 0 bridgehead atoms. The molecule has 1 aliphatic heterocycles. The predicted octanol–water partition coefficient (Wildman–Crippen LogP) is 1.81. The standard InChI is InChI=1S/C20H25N3O4S/c1-14-9-11-23(13-15-4-3-10-21-12-15)20(25)18(14)19(24)22-16-5-7-17(8-6-16)28(2,26)27/h5-9,11,15,21H,3-4,10,12-13H2,1-2H3,(H,22,24). The minimum absolute atomic E-state index is 0.110. The van der Waals surface area contributed by atoms with E-state index in [2.05, 4.69) is 10.6 Å². The number of piperidine rings is 1. The van der Waals surface area contributed by atoms with Crippen molar-refractivity contribution in [3.8, 4) is 0 Å². The van der Waals surface area contributed by atoms with Gasteiger partial charge >= 0.3 is 0 Å². The molecule has 8 heteroatoms. The summed E-state index contributed by atoms with van der Waals surface area (Å²) >= 11 is 0. The highest BCUT2D eigenvalue weighted by Gasteiger charge is 2.19. The summed E-state index contributed by atoms with van der Waals surface area (Å²) in [7, 11) is -3.30. The molecule has 0 aliphatic carbocycles. The number of pyridine rings is 1. The van der Waals surface area contributed by atoms with Gasteiger partial charge in [-0.25, -0.2) is 8.42 Å². The zero-order valence-electron chi connectivity index (χ0n) is 16.1. The van der Waals surface area contributed by atoms with E-state index in [0.29, 0.717) is 23.7 Å². The number of sulfone groups is 1. The van der Waals surface area contributed by atoms with Crippen molar-refractivity contribution in [3.05, 3.63) is 58.0 Å². The van der Waals surface area contributed by atoms with E-state index in [4.69, 9.17) is 0 Å². The van der Waals surface area contributed by atoms with Gasteiger partial charge in [0.1, 0.15) is 5.56 Å². The topological polar surface area (TPSA) is 97.3 Å². The van der Waals surface area contributed by atoms with Crippen LogP contribution in [0, 0.1) is 12.8 Å². The Morgan fingerprint density at radius 2 is 1.96 bits per heavy atom. The molecule has 7 nitrogen and oxygen atoms in total. The third-order valence-corrected chi connectivity index (χ3v) is 6.12. The SMILES string of the molecule is Cc1ccn(CC2CCCNC2)c(=O)c1C(=O)Nc1ccc(S(C)(=O)=O)cc1. The molecule has 1 saturated heterocycles. The van der Waals surface area contributed by atoms with E-state index in [9.17, 15) is 18.0 Å². The number of hydrogen-bond acceptors (Lipinski definition) is 5. The van der Waals surface area contributed by atoms with Gasteiger partial charge in [0, 0.05) is 24.7 Å². The first-order valence-corrected chi connectivity index (χ1v) is 11.2. The van der Waals surface area contributed by atoms with Gasteiger partial charge < -0.3 is 15.2 Å². The van der Waals surface area contributed by atoms with Crippen LogP contribution >= 0.6 is 0 Å². The van der Waals surface area contributed by atoms with Gasteiger partial charge in [-0.1, -0.05) is 0 Å². The van der Waals surface area contributed by atoms with Crippen LogP contribution in [0.25, 0.3) is 0 Å². The molecule has 1 unspecified atom stereocenters. The molecule has 1 aromatic heterocycles. The number of aromatic nitrogens is 1. The van der Waals surface area contributed by atoms with Crippen molar-refractivity contribution in [1.29, 1.82) is 0 Å². The maximum atomic E-state index is 12.9. The number of benzene rings is 1. The van der Waals surface area contributed by atoms with Crippen LogP contribution in [0.2, 0.25) is 0 Å². The highest BCUT2D eigenvalue weighted by atomic mass is 32.2. The normalized spacial score (nSPS) is 17.3. The molecular weight excluding hydrogens is 378 g/mol. The summed E-state index contributed by atoms with van der Waals surface area (Å²) in [6, 6.07) is 7.66. The molecular formula is C20H25N3O4S. The number of amides is 1. The summed E-state index contributed by atoms with van der Waals surface area (Å²) < 4.78 is 24.7. The Balaban J connectivity index is 1.81. The maximum Gasteiger partial charge on any atom is 0.263 e. The Hall–Kier alpha value is -2.45. The fourth-order valence-electron chi connectivity index (χ4n) is 3.42. The first-order chi connectivity index (χ1) is 13.3. The summed E-state index contributed by atoms with van der Waals surface area (Å²) in [4.78, 5) is 25.8. The van der Waals surface area contributed by atoms with Crippen molar-refractivity contribution in [2.75, 3.05) is 24.7 Å². The minimum atomic E-state index is -3.30. The van der Waals surface area contributed by atoms with Crippen LogP contribution in [0.5, 0.6) is 0 Å². The van der Waals surface area contributed by atoms with E-state index in [1.165, 1.54) is 24.3 Å². The molecule has 150 valence electrons. The number of nitrogens with zero attached hydrogens (tertiary/aromatic N) is 1. The van der Waals surface area contributed by atoms with Crippen LogP contribution in [-0.4, -0.2) is 38.2 Å². The highest BCUT2D eigenvalue weighted by molar-refractivity contribution is 7.90. The summed E-state index contributed by atoms with van der Waals surface area (Å²) in [5.74, 6) is -0.126. The number of rotatable bonds is 5. The van der Waals surface area contributed by atoms with Gasteiger partial charge in [0.05, 0.1) is 4.90 Å². The summed E-state index contributed by atoms with van der Waals surface area (Å²) in [5.41, 5.74) is 0.839. The second-order valence-electron chi connectivity index (χ2n) is 7.29. The lowest BCUT2D eigenvalue weighted by Crippen LogP contribution is -2.36. The fraction of sp³-hybridized carbons (Fsp3) is 0.400. The van der Waals surface area contributed by atoms with Crippen molar-refractivity contribution in [2.45, 2.75) is 31.2 Å². The van der Waals surface area contributed by atoms with Crippen LogP contribution < -0.4 is 16.2 Å². The van der Waals surface area contributed by atoms with Crippen LogP contribution in [0.3, 0.4) is 0 Å². The molecule has 1 atom stereocenters. The lowest BCUT2D eigenvalue weighted by Gasteiger charge is -2.23. The minimum Gasteiger partial charge on any atom is -0.322 e. The molecule has 2 heterocycles. The number of anilines is 1. The van der Waals surface area contributed by atoms with E-state index >= 15 is 0 Å². The van der Waals surface area contributed by atoms with Gasteiger partial charge in [-0.2, -0.15) is 0 Å². The van der Waals surface area contributed by atoms with Gasteiger partial charge in [0.15, 0.2) is 9.84 Å². The smallest absolute Gasteiger partial charge is 0.263 e. The van der Waals surface area contributed by atoms with E-state index < -0.39 is 15.7 Å². The van der Waals surface area contributed by atoms with Gasteiger partial charge in [0.25, 0.3) is 11.5 Å². The Bertz CT molecular complexity index is 1020. The van der Waals surface area contributed by atoms with Crippen molar-refractivity contribution in [1.82, 2.24) is 9.88 Å². The van der Waals surface area contributed by atoms with Crippen molar-refractivity contribution >= 4 is 21.4 Å². The predicted molar refractivity (Wildman–Crippen MR) is 109 cm³/mol. The second-order valence-corrected chi connectivity index (χ2v) is 9.31. The molecule has 0 radical (unpaired) electrons. The van der Waals surface area contributed by atoms with Gasteiger partial charge in [-0.05, 0) is 74.7 Å². The number of carbonyl (C=O) groups is 1. The van der Waals surface area contributed by atoms with Crippen molar-refractivity contribution < 1.29 is 13.2 Å². The average molecular weight is 404 g/mol. The molecule has 2 N–H and O–H groups in total. The van der Waals surface area contributed by atoms with E-state index in [-0.39, 0.29) is 16.0 Å². The van der Waals surface area contributed by atoms with E-state index in [1.54, 1.807) is 23.8 Å². The third kappa shape index (κ3) is 4.69. The highest BCUT2D eigenvalue weighted by Crippen LogP contribution is 2.16. The number of nitrogens with one attached hydrogen (secondary N) is 2. The molecule has 1 aromatic carbocycles. The lowest BCUT2D eigenvalue weighted by molar-refractivity contribution is 0.102. The molecule has 1 fully saturated rings. The summed E-state index contributed by atoms with van der Waals surface area (Å²) in [6.07, 6.45) is 5.01. The van der Waals surface area contributed by atoms with Crippen LogP contribution in [-0.2, 0) is 16.4 Å². The fourth-order valence-corrected chi connectivity index (χ4v) is 4.05. The van der Waals surface area contributed by atoms with Crippen LogP contribution in [0.1, 0.15) is 28.8 Å². The zero-order chi connectivity index (χ0) is 20.3. The van der Waals surface area contributed by atoms with E-state index in [1.807, 2.05) is 0 Å². The first-order valence-electron chi connectivity index (χ1n) is 9.28. The van der Waals surface area contributed by atoms with Gasteiger partial charge in [-0.15, -0.1) is 0 Å². The zero-order valence-corrected chi connectivity index (χ0v) is 16.9. The Morgan fingerprint density at radius 1 is 1.25 bits per heavy atom. The lowest BCUT2D eigenvalue weighted by atomic mass is 9.99. The Labute approximate surface area is 164 Å². The summed E-state index contributed by atoms with van der Waals surface area (Å²) in [5, 5.41) is 6.02. The number of carbonyl (C=O) groups excluding carboxylic acids is 1. The quantitative estimate of drug-likeness (QED) is 0.794. The van der Waals surface area contributed by atoms with Crippen LogP contribution in [0.15, 0.2) is 46.2 Å². The number of hydrogen-bond donors (Lipinski definition) is 2. The Morgan fingerprint density at radius 3 is 2.57 bits per heavy atom. The molecule has 1 aliphatic rings. The van der Waals surface area contributed by atoms with Crippen LogP contribution in [0.4, 0.5) is 5.69 Å². The molecule has 2 aromatic rings. The molecule has 28 heavy (non-hydrogen) atoms. The van der Waals surface area contributed by atoms with E-state index in [0.717, 1.165) is 32.2 Å². The average Bonchev–Trinajstić information content (AvgIpc) is 2.65. The monoisotopic (exact) mass is 403 g/mol. The molecule has 3 rings (SSSR count). The first kappa shape index (κ1) is 20.3. The molecule has 0 saturated carbocycles.